The van der Waals surface area contributed by atoms with E-state index >= 15 is 0 Å². The van der Waals surface area contributed by atoms with Crippen molar-refractivity contribution in [2.24, 2.45) is 5.73 Å². The Morgan fingerprint density at radius 3 is 2.50 bits per heavy atom. The van der Waals surface area contributed by atoms with Crippen LogP contribution in [0.25, 0.3) is 0 Å². The van der Waals surface area contributed by atoms with Crippen LogP contribution in [-0.4, -0.2) is 12.5 Å². The summed E-state index contributed by atoms with van der Waals surface area (Å²) in [4.78, 5) is 13.5. The number of carbonyl (C=O) groups excluding carboxylic acids is 1. The Kier molecular flexibility index (Phi) is 4.39. The third kappa shape index (κ3) is 3.61. The van der Waals surface area contributed by atoms with Gasteiger partial charge in [0.05, 0.1) is 6.54 Å². The van der Waals surface area contributed by atoms with Gasteiger partial charge in [0.15, 0.2) is 0 Å². The predicted octanol–water partition coefficient (Wildman–Crippen LogP) is 2.74. The minimum atomic E-state index is -0.183. The van der Waals surface area contributed by atoms with Crippen LogP contribution in [-0.2, 0) is 4.79 Å². The topological polar surface area (TPSA) is 55.1 Å². The van der Waals surface area contributed by atoms with E-state index in [-0.39, 0.29) is 12.5 Å². The maximum Gasteiger partial charge on any atom is 0.238 e. The number of hydrogen-bond acceptors (Lipinski definition) is 3. The zero-order chi connectivity index (χ0) is 12.8. The Balaban J connectivity index is 2.10. The number of nitrogens with one attached hydrogen (secondary N) is 1. The molecule has 0 aliphatic carbocycles. The summed E-state index contributed by atoms with van der Waals surface area (Å²) in [6, 6.07) is 17.8. The first-order chi connectivity index (χ1) is 8.78. The lowest BCUT2D eigenvalue weighted by atomic mass is 10.3. The molecule has 18 heavy (non-hydrogen) atoms. The van der Waals surface area contributed by atoms with E-state index in [1.807, 2.05) is 42.5 Å². The second-order valence-corrected chi connectivity index (χ2v) is 4.84. The van der Waals surface area contributed by atoms with Gasteiger partial charge in [-0.3, -0.25) is 4.79 Å². The molecule has 0 atom stereocenters. The molecule has 3 nitrogen and oxygen atoms in total. The van der Waals surface area contributed by atoms with Crippen molar-refractivity contribution in [1.29, 1.82) is 0 Å². The highest BCUT2D eigenvalue weighted by atomic mass is 32.2. The molecule has 0 aliphatic heterocycles. The molecule has 2 aromatic rings. The molecular formula is C14H14N2OS. The van der Waals surface area contributed by atoms with Gasteiger partial charge in [-0.25, -0.2) is 0 Å². The molecular weight excluding hydrogens is 244 g/mol. The van der Waals surface area contributed by atoms with E-state index < -0.39 is 0 Å². The number of amides is 1. The first-order valence-corrected chi connectivity index (χ1v) is 6.42. The van der Waals surface area contributed by atoms with Gasteiger partial charge in [0.2, 0.25) is 5.91 Å². The summed E-state index contributed by atoms with van der Waals surface area (Å²) in [5.74, 6) is -0.183. The van der Waals surface area contributed by atoms with Gasteiger partial charge in [0.25, 0.3) is 0 Å². The summed E-state index contributed by atoms with van der Waals surface area (Å²) in [6.07, 6.45) is 0. The van der Waals surface area contributed by atoms with Crippen LogP contribution in [0.4, 0.5) is 5.69 Å². The molecule has 0 fully saturated rings. The SMILES string of the molecule is NCC(=O)Nc1cccc(Sc2ccccc2)c1. The Bertz CT molecular complexity index is 528. The monoisotopic (exact) mass is 258 g/mol. The summed E-state index contributed by atoms with van der Waals surface area (Å²) >= 11 is 1.65. The molecule has 4 heteroatoms. The second kappa shape index (κ2) is 6.23. The van der Waals surface area contributed by atoms with Crippen molar-refractivity contribution in [2.75, 3.05) is 11.9 Å². The Labute approximate surface area is 110 Å². The lowest BCUT2D eigenvalue weighted by Gasteiger charge is -2.06. The zero-order valence-corrected chi connectivity index (χ0v) is 10.6. The van der Waals surface area contributed by atoms with Gasteiger partial charge in [-0.15, -0.1) is 0 Å². The fraction of sp³-hybridized carbons (Fsp3) is 0.0714. The molecule has 0 aromatic heterocycles. The highest BCUT2D eigenvalue weighted by Gasteiger charge is 2.01. The van der Waals surface area contributed by atoms with E-state index in [2.05, 4.69) is 17.4 Å². The number of anilines is 1. The number of nitrogens with two attached hydrogens (primary N) is 1. The average molecular weight is 258 g/mol. The van der Waals surface area contributed by atoms with Gasteiger partial charge in [-0.05, 0) is 30.3 Å². The molecule has 0 saturated heterocycles. The van der Waals surface area contributed by atoms with Crippen LogP contribution in [0.15, 0.2) is 64.4 Å². The van der Waals surface area contributed by atoms with Gasteiger partial charge in [0, 0.05) is 15.5 Å². The van der Waals surface area contributed by atoms with Gasteiger partial charge >= 0.3 is 0 Å². The minimum absolute atomic E-state index is 0.00391. The molecule has 1 amide bonds. The highest BCUT2D eigenvalue weighted by molar-refractivity contribution is 7.99. The van der Waals surface area contributed by atoms with Crippen molar-refractivity contribution in [3.05, 3.63) is 54.6 Å². The van der Waals surface area contributed by atoms with Crippen LogP contribution in [0.5, 0.6) is 0 Å². The lowest BCUT2D eigenvalue weighted by Crippen LogP contribution is -2.21. The van der Waals surface area contributed by atoms with Crippen LogP contribution in [0.2, 0.25) is 0 Å². The fourth-order valence-corrected chi connectivity index (χ4v) is 2.37. The first-order valence-electron chi connectivity index (χ1n) is 5.61. The molecule has 2 aromatic carbocycles. The third-order valence-electron chi connectivity index (χ3n) is 2.28. The van der Waals surface area contributed by atoms with Crippen molar-refractivity contribution in [2.45, 2.75) is 9.79 Å². The third-order valence-corrected chi connectivity index (χ3v) is 3.28. The lowest BCUT2D eigenvalue weighted by molar-refractivity contribution is -0.114. The summed E-state index contributed by atoms with van der Waals surface area (Å²) in [7, 11) is 0. The van der Waals surface area contributed by atoms with E-state index in [4.69, 9.17) is 5.73 Å². The van der Waals surface area contributed by atoms with E-state index in [0.29, 0.717) is 0 Å². The van der Waals surface area contributed by atoms with Crippen LogP contribution >= 0.6 is 11.8 Å². The summed E-state index contributed by atoms with van der Waals surface area (Å²) < 4.78 is 0. The molecule has 0 unspecified atom stereocenters. The Hall–Kier alpha value is -1.78. The van der Waals surface area contributed by atoms with Gasteiger partial charge < -0.3 is 11.1 Å². The van der Waals surface area contributed by atoms with Crippen LogP contribution in [0.3, 0.4) is 0 Å². The van der Waals surface area contributed by atoms with E-state index in [1.165, 1.54) is 4.90 Å². The van der Waals surface area contributed by atoms with Crippen LogP contribution < -0.4 is 11.1 Å². The smallest absolute Gasteiger partial charge is 0.238 e. The van der Waals surface area contributed by atoms with Crippen molar-refractivity contribution in [3.63, 3.8) is 0 Å². The maximum atomic E-state index is 11.2. The molecule has 92 valence electrons. The van der Waals surface area contributed by atoms with Gasteiger partial charge in [0.1, 0.15) is 0 Å². The Morgan fingerprint density at radius 2 is 1.78 bits per heavy atom. The molecule has 3 N–H and O–H groups in total. The number of rotatable bonds is 4. The highest BCUT2D eigenvalue weighted by Crippen LogP contribution is 2.28. The summed E-state index contributed by atoms with van der Waals surface area (Å²) in [5.41, 5.74) is 6.03. The maximum absolute atomic E-state index is 11.2. The number of benzene rings is 2. The van der Waals surface area contributed by atoms with E-state index in [0.717, 1.165) is 10.6 Å². The van der Waals surface area contributed by atoms with Crippen molar-refractivity contribution >= 4 is 23.4 Å². The summed E-state index contributed by atoms with van der Waals surface area (Å²) in [6.45, 7) is -0.00391. The Morgan fingerprint density at radius 1 is 1.06 bits per heavy atom. The second-order valence-electron chi connectivity index (χ2n) is 3.70. The molecule has 0 spiro atoms. The minimum Gasteiger partial charge on any atom is -0.325 e. The van der Waals surface area contributed by atoms with Crippen molar-refractivity contribution in [1.82, 2.24) is 0 Å². The largest absolute Gasteiger partial charge is 0.325 e. The first kappa shape index (κ1) is 12.7. The van der Waals surface area contributed by atoms with Crippen LogP contribution in [0, 0.1) is 0 Å². The molecule has 0 aliphatic rings. The standard InChI is InChI=1S/C14H14N2OS/c15-10-14(17)16-11-5-4-8-13(9-11)18-12-6-2-1-3-7-12/h1-9H,10,15H2,(H,16,17). The van der Waals surface area contributed by atoms with Crippen molar-refractivity contribution in [3.8, 4) is 0 Å². The fourth-order valence-electron chi connectivity index (χ4n) is 1.47. The van der Waals surface area contributed by atoms with Crippen molar-refractivity contribution < 1.29 is 4.79 Å². The zero-order valence-electron chi connectivity index (χ0n) is 9.80. The normalized spacial score (nSPS) is 10.1. The molecule has 0 heterocycles. The summed E-state index contributed by atoms with van der Waals surface area (Å²) in [5, 5.41) is 2.74. The molecule has 2 rings (SSSR count). The predicted molar refractivity (Wildman–Crippen MR) is 74.7 cm³/mol. The number of carbonyl (C=O) groups is 1. The number of hydrogen-bond donors (Lipinski definition) is 2. The molecule has 0 saturated carbocycles. The van der Waals surface area contributed by atoms with Gasteiger partial charge in [-0.2, -0.15) is 0 Å². The quantitative estimate of drug-likeness (QED) is 0.886. The average Bonchev–Trinajstić information content (AvgIpc) is 2.40. The van der Waals surface area contributed by atoms with Crippen LogP contribution in [0.1, 0.15) is 0 Å². The molecule has 0 radical (unpaired) electrons. The van der Waals surface area contributed by atoms with E-state index in [1.54, 1.807) is 11.8 Å². The molecule has 0 bridgehead atoms. The van der Waals surface area contributed by atoms with Gasteiger partial charge in [-0.1, -0.05) is 36.0 Å². The van der Waals surface area contributed by atoms with E-state index in [9.17, 15) is 4.79 Å².